The van der Waals surface area contributed by atoms with Crippen LogP contribution in [-0.4, -0.2) is 37.6 Å². The van der Waals surface area contributed by atoms with Crippen molar-refractivity contribution in [3.05, 3.63) is 29.3 Å². The minimum atomic E-state index is 0.839. The number of hydrogen-bond donors (Lipinski definition) is 0. The van der Waals surface area contributed by atoms with E-state index in [9.17, 15) is 0 Å². The van der Waals surface area contributed by atoms with Gasteiger partial charge in [0.05, 0.1) is 0 Å². The van der Waals surface area contributed by atoms with Crippen molar-refractivity contribution in [3.63, 3.8) is 0 Å². The first-order valence-corrected chi connectivity index (χ1v) is 7.92. The van der Waals surface area contributed by atoms with Crippen LogP contribution < -0.4 is 4.90 Å². The van der Waals surface area contributed by atoms with Crippen LogP contribution in [0.5, 0.6) is 0 Å². The predicted molar refractivity (Wildman–Crippen MR) is 82.1 cm³/mol. The lowest BCUT2D eigenvalue weighted by Gasteiger charge is -2.37. The topological polar surface area (TPSA) is 6.48 Å². The molecule has 1 saturated carbocycles. The van der Waals surface area contributed by atoms with Crippen LogP contribution in [0.2, 0.25) is 5.02 Å². The summed E-state index contributed by atoms with van der Waals surface area (Å²) in [7, 11) is 0. The Hall–Kier alpha value is -0.730. The summed E-state index contributed by atoms with van der Waals surface area (Å²) in [6.45, 7) is 5.98. The van der Waals surface area contributed by atoms with Crippen molar-refractivity contribution in [1.29, 1.82) is 0 Å². The molecular formula is C16H23ClN2. The van der Waals surface area contributed by atoms with Gasteiger partial charge in [0.1, 0.15) is 0 Å². The first-order valence-electron chi connectivity index (χ1n) is 7.54. The van der Waals surface area contributed by atoms with E-state index in [1.807, 2.05) is 12.1 Å². The third kappa shape index (κ3) is 3.43. The minimum absolute atomic E-state index is 0.839. The number of nitrogens with zero attached hydrogens (tertiary/aromatic N) is 2. The fourth-order valence-corrected chi connectivity index (χ4v) is 3.60. The highest BCUT2D eigenvalue weighted by Crippen LogP contribution is 2.26. The van der Waals surface area contributed by atoms with Crippen molar-refractivity contribution in [3.8, 4) is 0 Å². The highest BCUT2D eigenvalue weighted by molar-refractivity contribution is 6.30. The molecule has 104 valence electrons. The zero-order chi connectivity index (χ0) is 13.1. The second-order valence-electron chi connectivity index (χ2n) is 5.92. The number of piperazine rings is 1. The van der Waals surface area contributed by atoms with E-state index < -0.39 is 0 Å². The van der Waals surface area contributed by atoms with E-state index in [0.29, 0.717) is 0 Å². The van der Waals surface area contributed by atoms with Gasteiger partial charge in [-0.3, -0.25) is 4.90 Å². The van der Waals surface area contributed by atoms with E-state index in [1.54, 1.807) is 0 Å². The molecule has 2 fully saturated rings. The molecule has 0 unspecified atom stereocenters. The Morgan fingerprint density at radius 1 is 1.05 bits per heavy atom. The molecule has 0 radical (unpaired) electrons. The second-order valence-corrected chi connectivity index (χ2v) is 6.35. The van der Waals surface area contributed by atoms with Crippen LogP contribution in [0.25, 0.3) is 0 Å². The molecule has 0 atom stereocenters. The van der Waals surface area contributed by atoms with Gasteiger partial charge in [-0.1, -0.05) is 30.5 Å². The molecule has 3 heteroatoms. The molecule has 0 N–H and O–H groups in total. The van der Waals surface area contributed by atoms with E-state index in [1.165, 1.54) is 51.0 Å². The summed E-state index contributed by atoms with van der Waals surface area (Å²) in [6.07, 6.45) is 5.81. The van der Waals surface area contributed by atoms with Gasteiger partial charge in [-0.15, -0.1) is 0 Å². The Morgan fingerprint density at radius 2 is 1.79 bits per heavy atom. The molecule has 1 heterocycles. The number of hydrogen-bond acceptors (Lipinski definition) is 2. The van der Waals surface area contributed by atoms with Crippen LogP contribution in [0, 0.1) is 5.92 Å². The van der Waals surface area contributed by atoms with Crippen molar-refractivity contribution in [2.45, 2.75) is 25.7 Å². The van der Waals surface area contributed by atoms with Crippen molar-refractivity contribution in [2.75, 3.05) is 37.6 Å². The van der Waals surface area contributed by atoms with Crippen LogP contribution in [0.3, 0.4) is 0 Å². The monoisotopic (exact) mass is 278 g/mol. The fraction of sp³-hybridized carbons (Fsp3) is 0.625. The molecule has 3 rings (SSSR count). The summed E-state index contributed by atoms with van der Waals surface area (Å²) in [5.41, 5.74) is 1.27. The Labute approximate surface area is 121 Å². The molecular weight excluding hydrogens is 256 g/mol. The smallest absolute Gasteiger partial charge is 0.0426 e. The SMILES string of the molecule is Clc1cccc(N2CCN(CC3CCCC3)CC2)c1. The summed E-state index contributed by atoms with van der Waals surface area (Å²) < 4.78 is 0. The van der Waals surface area contributed by atoms with E-state index in [0.717, 1.165) is 24.0 Å². The van der Waals surface area contributed by atoms with E-state index in [4.69, 9.17) is 11.6 Å². The molecule has 1 aliphatic carbocycles. The molecule has 19 heavy (non-hydrogen) atoms. The van der Waals surface area contributed by atoms with Crippen molar-refractivity contribution in [2.24, 2.45) is 5.92 Å². The minimum Gasteiger partial charge on any atom is -0.369 e. The molecule has 2 nitrogen and oxygen atoms in total. The average molecular weight is 279 g/mol. The van der Waals surface area contributed by atoms with Crippen LogP contribution in [0.1, 0.15) is 25.7 Å². The first-order chi connectivity index (χ1) is 9.31. The molecule has 1 aromatic carbocycles. The second kappa shape index (κ2) is 6.15. The Kier molecular flexibility index (Phi) is 4.29. The van der Waals surface area contributed by atoms with Crippen molar-refractivity contribution >= 4 is 17.3 Å². The van der Waals surface area contributed by atoms with E-state index in [-0.39, 0.29) is 0 Å². The zero-order valence-electron chi connectivity index (χ0n) is 11.5. The quantitative estimate of drug-likeness (QED) is 0.833. The Morgan fingerprint density at radius 3 is 2.47 bits per heavy atom. The van der Waals surface area contributed by atoms with Gasteiger partial charge in [0.15, 0.2) is 0 Å². The lowest BCUT2D eigenvalue weighted by Crippen LogP contribution is -2.47. The summed E-state index contributed by atoms with van der Waals surface area (Å²) in [6, 6.07) is 8.23. The van der Waals surface area contributed by atoms with Crippen LogP contribution in [0.15, 0.2) is 24.3 Å². The molecule has 0 amide bonds. The third-order valence-corrected chi connectivity index (χ3v) is 4.77. The fourth-order valence-electron chi connectivity index (χ4n) is 3.42. The number of anilines is 1. The Bertz CT molecular complexity index is 407. The third-order valence-electron chi connectivity index (χ3n) is 4.54. The summed E-state index contributed by atoms with van der Waals surface area (Å²) in [5, 5.41) is 0.839. The van der Waals surface area contributed by atoms with Gasteiger partial charge in [0.2, 0.25) is 0 Å². The van der Waals surface area contributed by atoms with Crippen LogP contribution >= 0.6 is 11.6 Å². The van der Waals surface area contributed by atoms with Gasteiger partial charge in [-0.2, -0.15) is 0 Å². The van der Waals surface area contributed by atoms with Gasteiger partial charge in [0.25, 0.3) is 0 Å². The van der Waals surface area contributed by atoms with Crippen LogP contribution in [0.4, 0.5) is 5.69 Å². The molecule has 1 aliphatic heterocycles. The number of halogens is 1. The van der Waals surface area contributed by atoms with Crippen molar-refractivity contribution < 1.29 is 0 Å². The number of rotatable bonds is 3. The maximum Gasteiger partial charge on any atom is 0.0426 e. The van der Waals surface area contributed by atoms with E-state index >= 15 is 0 Å². The van der Waals surface area contributed by atoms with Gasteiger partial charge in [-0.25, -0.2) is 0 Å². The molecule has 2 aliphatic rings. The van der Waals surface area contributed by atoms with Crippen LogP contribution in [-0.2, 0) is 0 Å². The molecule has 0 bridgehead atoms. The molecule has 1 aromatic rings. The summed E-state index contributed by atoms with van der Waals surface area (Å²) in [5.74, 6) is 0.970. The summed E-state index contributed by atoms with van der Waals surface area (Å²) in [4.78, 5) is 5.11. The average Bonchev–Trinajstić information content (AvgIpc) is 2.92. The standard InChI is InChI=1S/C16H23ClN2/c17-15-6-3-7-16(12-15)19-10-8-18(9-11-19)13-14-4-1-2-5-14/h3,6-7,12,14H,1-2,4-5,8-11,13H2. The molecule has 0 aromatic heterocycles. The highest BCUT2D eigenvalue weighted by atomic mass is 35.5. The maximum absolute atomic E-state index is 6.07. The highest BCUT2D eigenvalue weighted by Gasteiger charge is 2.22. The van der Waals surface area contributed by atoms with E-state index in [2.05, 4.69) is 21.9 Å². The molecule has 1 saturated heterocycles. The number of benzene rings is 1. The summed E-state index contributed by atoms with van der Waals surface area (Å²) >= 11 is 6.07. The normalized spacial score (nSPS) is 22.1. The lowest BCUT2D eigenvalue weighted by molar-refractivity contribution is 0.220. The predicted octanol–water partition coefficient (Wildman–Crippen LogP) is 3.65. The lowest BCUT2D eigenvalue weighted by atomic mass is 10.1. The van der Waals surface area contributed by atoms with Gasteiger partial charge < -0.3 is 4.90 Å². The Balaban J connectivity index is 1.51. The van der Waals surface area contributed by atoms with Gasteiger partial charge in [-0.05, 0) is 37.0 Å². The largest absolute Gasteiger partial charge is 0.369 e. The van der Waals surface area contributed by atoms with Crippen molar-refractivity contribution in [1.82, 2.24) is 4.90 Å². The molecule has 0 spiro atoms. The van der Waals surface area contributed by atoms with Gasteiger partial charge >= 0.3 is 0 Å². The zero-order valence-corrected chi connectivity index (χ0v) is 12.3. The van der Waals surface area contributed by atoms with Gasteiger partial charge in [0, 0.05) is 43.4 Å². The first kappa shape index (κ1) is 13.3. The maximum atomic E-state index is 6.07.